The zero-order valence-electron chi connectivity index (χ0n) is 11.7. The van der Waals surface area contributed by atoms with Crippen molar-refractivity contribution in [3.05, 3.63) is 16.0 Å². The Bertz CT molecular complexity index is 480. The van der Waals surface area contributed by atoms with Gasteiger partial charge in [0.2, 0.25) is 0 Å². The van der Waals surface area contributed by atoms with Gasteiger partial charge >= 0.3 is 12.0 Å². The molecule has 0 fully saturated rings. The van der Waals surface area contributed by atoms with E-state index in [-0.39, 0.29) is 17.5 Å². The number of anilines is 1. The summed E-state index contributed by atoms with van der Waals surface area (Å²) in [7, 11) is 0. The SMILES string of the molecule is CCNC(=O)Nc1sc(CC)c(C(C)C)c1C(=O)O. The summed E-state index contributed by atoms with van der Waals surface area (Å²) in [5.41, 5.74) is 1.05. The fraction of sp³-hybridized carbons (Fsp3) is 0.538. The minimum Gasteiger partial charge on any atom is -0.478 e. The number of nitrogens with one attached hydrogen (secondary N) is 2. The van der Waals surface area contributed by atoms with Crippen LogP contribution in [0.25, 0.3) is 0 Å². The number of carbonyl (C=O) groups is 2. The Morgan fingerprint density at radius 1 is 1.32 bits per heavy atom. The van der Waals surface area contributed by atoms with Crippen LogP contribution in [0.5, 0.6) is 0 Å². The van der Waals surface area contributed by atoms with Crippen LogP contribution in [-0.4, -0.2) is 23.7 Å². The first-order valence-corrected chi connectivity index (χ1v) is 7.17. The number of urea groups is 1. The summed E-state index contributed by atoms with van der Waals surface area (Å²) in [4.78, 5) is 24.0. The minimum absolute atomic E-state index is 0.113. The summed E-state index contributed by atoms with van der Waals surface area (Å²) >= 11 is 1.34. The molecule has 0 saturated carbocycles. The van der Waals surface area contributed by atoms with Crippen molar-refractivity contribution in [2.75, 3.05) is 11.9 Å². The Hall–Kier alpha value is -1.56. The van der Waals surface area contributed by atoms with Crippen LogP contribution >= 0.6 is 11.3 Å². The lowest BCUT2D eigenvalue weighted by atomic mass is 9.98. The molecule has 1 rings (SSSR count). The number of rotatable bonds is 5. The van der Waals surface area contributed by atoms with Crippen molar-refractivity contribution in [3.63, 3.8) is 0 Å². The topological polar surface area (TPSA) is 78.4 Å². The molecule has 1 aromatic heterocycles. The van der Waals surface area contributed by atoms with Crippen LogP contribution in [0, 0.1) is 0 Å². The van der Waals surface area contributed by atoms with Gasteiger partial charge in [-0.05, 0) is 24.8 Å². The highest BCUT2D eigenvalue weighted by molar-refractivity contribution is 7.17. The quantitative estimate of drug-likeness (QED) is 0.776. The molecular formula is C13H20N2O3S. The van der Waals surface area contributed by atoms with Crippen molar-refractivity contribution >= 4 is 28.3 Å². The highest BCUT2D eigenvalue weighted by atomic mass is 32.1. The molecule has 5 nitrogen and oxygen atoms in total. The molecule has 0 bridgehead atoms. The van der Waals surface area contributed by atoms with Gasteiger partial charge in [0.15, 0.2) is 0 Å². The highest BCUT2D eigenvalue weighted by Crippen LogP contribution is 2.38. The van der Waals surface area contributed by atoms with Crippen LogP contribution < -0.4 is 10.6 Å². The van der Waals surface area contributed by atoms with E-state index in [0.29, 0.717) is 11.5 Å². The molecule has 1 aromatic rings. The van der Waals surface area contributed by atoms with Gasteiger partial charge in [0.05, 0.1) is 5.56 Å². The van der Waals surface area contributed by atoms with Crippen LogP contribution in [0.2, 0.25) is 0 Å². The maximum atomic E-state index is 11.6. The molecule has 0 spiro atoms. The summed E-state index contributed by atoms with van der Waals surface area (Å²) in [5, 5.41) is 15.0. The van der Waals surface area contributed by atoms with E-state index in [0.717, 1.165) is 16.9 Å². The fourth-order valence-corrected chi connectivity index (χ4v) is 3.25. The Labute approximate surface area is 117 Å². The van der Waals surface area contributed by atoms with E-state index in [1.54, 1.807) is 0 Å². The lowest BCUT2D eigenvalue weighted by Gasteiger charge is -2.09. The molecule has 0 radical (unpaired) electrons. The molecule has 0 aliphatic heterocycles. The fourth-order valence-electron chi connectivity index (χ4n) is 1.97. The smallest absolute Gasteiger partial charge is 0.339 e. The first kappa shape index (κ1) is 15.5. The predicted molar refractivity (Wildman–Crippen MR) is 77.4 cm³/mol. The number of carbonyl (C=O) groups excluding carboxylic acids is 1. The van der Waals surface area contributed by atoms with E-state index >= 15 is 0 Å². The average molecular weight is 284 g/mol. The number of aromatic carboxylic acids is 1. The van der Waals surface area contributed by atoms with Crippen molar-refractivity contribution in [1.29, 1.82) is 0 Å². The summed E-state index contributed by atoms with van der Waals surface area (Å²) < 4.78 is 0. The first-order chi connectivity index (χ1) is 8.92. The number of carboxylic acids is 1. The normalized spacial score (nSPS) is 10.6. The summed E-state index contributed by atoms with van der Waals surface area (Å²) in [6, 6.07) is -0.371. The van der Waals surface area contributed by atoms with Crippen LogP contribution in [0.15, 0.2) is 0 Å². The predicted octanol–water partition coefficient (Wildman–Crippen LogP) is 3.27. The standard InChI is InChI=1S/C13H20N2O3S/c1-5-8-9(7(3)4)10(12(16)17)11(19-8)15-13(18)14-6-2/h7H,5-6H2,1-4H3,(H,16,17)(H2,14,15,18). The van der Waals surface area contributed by atoms with Gasteiger partial charge in [-0.3, -0.25) is 5.32 Å². The lowest BCUT2D eigenvalue weighted by Crippen LogP contribution is -2.28. The second kappa shape index (κ2) is 6.56. The summed E-state index contributed by atoms with van der Waals surface area (Å²) in [5.74, 6) is -0.881. The van der Waals surface area contributed by atoms with E-state index in [2.05, 4.69) is 10.6 Å². The van der Waals surface area contributed by atoms with Crippen molar-refractivity contribution < 1.29 is 14.7 Å². The molecule has 0 aliphatic carbocycles. The number of thiophene rings is 1. The number of hydrogen-bond donors (Lipinski definition) is 3. The molecule has 0 atom stereocenters. The highest BCUT2D eigenvalue weighted by Gasteiger charge is 2.25. The molecule has 0 aromatic carbocycles. The van der Waals surface area contributed by atoms with Gasteiger partial charge in [-0.15, -0.1) is 11.3 Å². The molecule has 106 valence electrons. The summed E-state index contributed by atoms with van der Waals surface area (Å²) in [6.07, 6.45) is 0.759. The molecular weight excluding hydrogens is 264 g/mol. The molecule has 3 N–H and O–H groups in total. The number of amides is 2. The van der Waals surface area contributed by atoms with E-state index in [1.807, 2.05) is 27.7 Å². The lowest BCUT2D eigenvalue weighted by molar-refractivity contribution is 0.0697. The average Bonchev–Trinajstić information content (AvgIpc) is 2.67. The Morgan fingerprint density at radius 3 is 2.37 bits per heavy atom. The summed E-state index contributed by atoms with van der Waals surface area (Å²) in [6.45, 7) is 8.22. The van der Waals surface area contributed by atoms with E-state index < -0.39 is 5.97 Å². The number of hydrogen-bond acceptors (Lipinski definition) is 3. The van der Waals surface area contributed by atoms with Gasteiger partial charge in [0, 0.05) is 11.4 Å². The van der Waals surface area contributed by atoms with E-state index in [4.69, 9.17) is 0 Å². The second-order valence-corrected chi connectivity index (χ2v) is 5.55. The van der Waals surface area contributed by atoms with Gasteiger partial charge in [-0.1, -0.05) is 20.8 Å². The van der Waals surface area contributed by atoms with Crippen molar-refractivity contribution in [3.8, 4) is 0 Å². The van der Waals surface area contributed by atoms with Gasteiger partial charge < -0.3 is 10.4 Å². The Balaban J connectivity index is 3.24. The molecule has 19 heavy (non-hydrogen) atoms. The number of carboxylic acid groups (broad SMARTS) is 1. The van der Waals surface area contributed by atoms with Crippen LogP contribution in [-0.2, 0) is 6.42 Å². The van der Waals surface area contributed by atoms with Gasteiger partial charge in [0.1, 0.15) is 5.00 Å². The second-order valence-electron chi connectivity index (χ2n) is 4.44. The third-order valence-corrected chi connectivity index (χ3v) is 3.96. The van der Waals surface area contributed by atoms with Gasteiger partial charge in [0.25, 0.3) is 0 Å². The van der Waals surface area contributed by atoms with Crippen molar-refractivity contribution in [1.82, 2.24) is 5.32 Å². The first-order valence-electron chi connectivity index (χ1n) is 6.35. The van der Waals surface area contributed by atoms with E-state index in [9.17, 15) is 14.7 Å². The largest absolute Gasteiger partial charge is 0.478 e. The van der Waals surface area contributed by atoms with Crippen molar-refractivity contribution in [2.45, 2.75) is 40.0 Å². The van der Waals surface area contributed by atoms with Crippen LogP contribution in [0.4, 0.5) is 9.80 Å². The Morgan fingerprint density at radius 2 is 1.95 bits per heavy atom. The minimum atomic E-state index is -0.994. The van der Waals surface area contributed by atoms with Crippen LogP contribution in [0.3, 0.4) is 0 Å². The molecule has 0 aliphatic rings. The maximum absolute atomic E-state index is 11.6. The molecule has 2 amide bonds. The zero-order valence-corrected chi connectivity index (χ0v) is 12.5. The zero-order chi connectivity index (χ0) is 14.6. The monoisotopic (exact) mass is 284 g/mol. The maximum Gasteiger partial charge on any atom is 0.339 e. The molecule has 0 unspecified atom stereocenters. The van der Waals surface area contributed by atoms with Crippen molar-refractivity contribution in [2.24, 2.45) is 0 Å². The van der Waals surface area contributed by atoms with E-state index in [1.165, 1.54) is 11.3 Å². The van der Waals surface area contributed by atoms with Gasteiger partial charge in [-0.25, -0.2) is 9.59 Å². The Kier molecular flexibility index (Phi) is 5.35. The number of aryl methyl sites for hydroxylation is 1. The molecule has 1 heterocycles. The van der Waals surface area contributed by atoms with Crippen LogP contribution in [0.1, 0.15) is 54.4 Å². The molecule has 6 heteroatoms. The third-order valence-electron chi connectivity index (χ3n) is 2.70. The molecule has 0 saturated heterocycles. The van der Waals surface area contributed by atoms with Gasteiger partial charge in [-0.2, -0.15) is 0 Å². The third kappa shape index (κ3) is 3.47.